The smallest absolute Gasteiger partial charge is 0.0633 e. The molecule has 0 radical (unpaired) electrons. The van der Waals surface area contributed by atoms with Gasteiger partial charge in [-0.05, 0) is 59.3 Å². The third kappa shape index (κ3) is 2.72. The van der Waals surface area contributed by atoms with Crippen LogP contribution in [0.2, 0.25) is 0 Å². The van der Waals surface area contributed by atoms with Crippen LogP contribution in [0.5, 0.6) is 0 Å². The van der Waals surface area contributed by atoms with Crippen molar-refractivity contribution in [3.8, 4) is 0 Å². The van der Waals surface area contributed by atoms with E-state index in [1.54, 1.807) is 0 Å². The van der Waals surface area contributed by atoms with Crippen LogP contribution in [0.4, 0.5) is 5.69 Å². The van der Waals surface area contributed by atoms with Crippen LogP contribution in [0.3, 0.4) is 0 Å². The molecule has 0 amide bonds. The van der Waals surface area contributed by atoms with E-state index in [4.69, 9.17) is 0 Å². The molecule has 0 aliphatic rings. The zero-order valence-electron chi connectivity index (χ0n) is 9.31. The van der Waals surface area contributed by atoms with Crippen LogP contribution in [-0.4, -0.2) is 10.8 Å². The molecule has 0 aliphatic carbocycles. The van der Waals surface area contributed by atoms with Gasteiger partial charge >= 0.3 is 0 Å². The molecule has 0 unspecified atom stereocenters. The van der Waals surface area contributed by atoms with Gasteiger partial charge < -0.3 is 4.57 Å². The number of aryl methyl sites for hydroxylation is 2. The summed E-state index contributed by atoms with van der Waals surface area (Å²) < 4.78 is 3.29. The fraction of sp³-hybridized carbons (Fsp3) is 0.154. The van der Waals surface area contributed by atoms with Crippen molar-refractivity contribution in [3.05, 3.63) is 51.4 Å². The Kier molecular flexibility index (Phi) is 3.43. The highest BCUT2D eigenvalue weighted by atomic mass is 127. The summed E-state index contributed by atoms with van der Waals surface area (Å²) in [5.41, 5.74) is 3.39. The number of halogens is 1. The van der Waals surface area contributed by atoms with Gasteiger partial charge in [-0.3, -0.25) is 4.99 Å². The molecule has 1 heterocycles. The van der Waals surface area contributed by atoms with Gasteiger partial charge in [0.25, 0.3) is 0 Å². The summed E-state index contributed by atoms with van der Waals surface area (Å²) in [4.78, 5) is 4.45. The minimum Gasteiger partial charge on any atom is -0.357 e. The molecule has 2 nitrogen and oxygen atoms in total. The minimum atomic E-state index is 1.00. The normalized spacial score (nSPS) is 11.2. The second-order valence-electron chi connectivity index (χ2n) is 3.80. The van der Waals surface area contributed by atoms with Crippen molar-refractivity contribution in [1.82, 2.24) is 4.57 Å². The molecule has 0 fully saturated rings. The predicted octanol–water partition coefficient (Wildman–Crippen LogP) is 3.69. The molecule has 0 saturated heterocycles. The van der Waals surface area contributed by atoms with E-state index in [0.29, 0.717) is 0 Å². The summed E-state index contributed by atoms with van der Waals surface area (Å²) in [6, 6.07) is 8.27. The van der Waals surface area contributed by atoms with Gasteiger partial charge in [0.2, 0.25) is 0 Å². The molecule has 2 aromatic rings. The van der Waals surface area contributed by atoms with Crippen LogP contribution in [0, 0.1) is 10.5 Å². The lowest BCUT2D eigenvalue weighted by molar-refractivity contribution is 0.927. The lowest BCUT2D eigenvalue weighted by atomic mass is 10.2. The Balaban J connectivity index is 2.20. The van der Waals surface area contributed by atoms with Crippen LogP contribution in [0.25, 0.3) is 0 Å². The zero-order chi connectivity index (χ0) is 11.5. The van der Waals surface area contributed by atoms with E-state index in [1.807, 2.05) is 42.4 Å². The van der Waals surface area contributed by atoms with Crippen molar-refractivity contribution in [2.75, 3.05) is 0 Å². The summed E-state index contributed by atoms with van der Waals surface area (Å²) in [6.45, 7) is 2.10. The van der Waals surface area contributed by atoms with Crippen molar-refractivity contribution >= 4 is 34.5 Å². The molecule has 1 aromatic carbocycles. The molecule has 0 saturated carbocycles. The average molecular weight is 324 g/mol. The van der Waals surface area contributed by atoms with E-state index in [2.05, 4.69) is 46.6 Å². The van der Waals surface area contributed by atoms with E-state index in [-0.39, 0.29) is 0 Å². The highest BCUT2D eigenvalue weighted by Crippen LogP contribution is 2.19. The molecule has 0 spiro atoms. The van der Waals surface area contributed by atoms with Gasteiger partial charge in [0.05, 0.1) is 5.69 Å². The van der Waals surface area contributed by atoms with Gasteiger partial charge in [-0.2, -0.15) is 0 Å². The first-order chi connectivity index (χ1) is 7.65. The SMILES string of the molecule is Cc1cc(N=Cc2ccn(C)c2)ccc1I. The molecule has 3 heteroatoms. The van der Waals surface area contributed by atoms with Crippen molar-refractivity contribution in [2.24, 2.45) is 12.0 Å². The van der Waals surface area contributed by atoms with Crippen LogP contribution in [0.1, 0.15) is 11.1 Å². The second kappa shape index (κ2) is 4.82. The number of benzene rings is 1. The van der Waals surface area contributed by atoms with Crippen LogP contribution in [-0.2, 0) is 7.05 Å². The highest BCUT2D eigenvalue weighted by Gasteiger charge is 1.95. The molecule has 0 N–H and O–H groups in total. The lowest BCUT2D eigenvalue weighted by Crippen LogP contribution is -1.81. The molecular weight excluding hydrogens is 311 g/mol. The Hall–Kier alpha value is -1.10. The molecule has 1 aromatic heterocycles. The van der Waals surface area contributed by atoms with E-state index in [1.165, 1.54) is 9.13 Å². The fourth-order valence-corrected chi connectivity index (χ4v) is 1.79. The molecule has 16 heavy (non-hydrogen) atoms. The highest BCUT2D eigenvalue weighted by molar-refractivity contribution is 14.1. The summed E-state index contributed by atoms with van der Waals surface area (Å²) in [5.74, 6) is 0. The standard InChI is InChI=1S/C13H13IN2/c1-10-7-12(3-4-13(10)14)15-8-11-5-6-16(2)9-11/h3-9H,1-2H3. The number of aliphatic imine (C=N–C) groups is 1. The summed E-state index contributed by atoms with van der Waals surface area (Å²) in [5, 5.41) is 0. The first-order valence-electron chi connectivity index (χ1n) is 5.07. The number of rotatable bonds is 2. The van der Waals surface area contributed by atoms with Crippen molar-refractivity contribution in [2.45, 2.75) is 6.92 Å². The molecule has 82 valence electrons. The van der Waals surface area contributed by atoms with E-state index in [9.17, 15) is 0 Å². The van der Waals surface area contributed by atoms with Gasteiger partial charge in [0, 0.05) is 34.8 Å². The zero-order valence-corrected chi connectivity index (χ0v) is 11.5. The number of aromatic nitrogens is 1. The Morgan fingerprint density at radius 3 is 2.75 bits per heavy atom. The van der Waals surface area contributed by atoms with Crippen LogP contribution < -0.4 is 0 Å². The largest absolute Gasteiger partial charge is 0.357 e. The first-order valence-corrected chi connectivity index (χ1v) is 6.15. The summed E-state index contributed by atoms with van der Waals surface area (Å²) >= 11 is 2.33. The minimum absolute atomic E-state index is 1.00. The maximum Gasteiger partial charge on any atom is 0.0633 e. The monoisotopic (exact) mass is 324 g/mol. The quantitative estimate of drug-likeness (QED) is 0.592. The van der Waals surface area contributed by atoms with Crippen LogP contribution in [0.15, 0.2) is 41.7 Å². The molecule has 0 atom stereocenters. The Morgan fingerprint density at radius 1 is 1.31 bits per heavy atom. The Morgan fingerprint density at radius 2 is 2.12 bits per heavy atom. The maximum atomic E-state index is 4.45. The van der Waals surface area contributed by atoms with Crippen molar-refractivity contribution in [3.63, 3.8) is 0 Å². The molecular formula is C13H13IN2. The van der Waals surface area contributed by atoms with Crippen molar-refractivity contribution in [1.29, 1.82) is 0 Å². The first kappa shape index (κ1) is 11.4. The van der Waals surface area contributed by atoms with E-state index < -0.39 is 0 Å². The van der Waals surface area contributed by atoms with Gasteiger partial charge in [-0.1, -0.05) is 0 Å². The summed E-state index contributed by atoms with van der Waals surface area (Å²) in [7, 11) is 2.01. The van der Waals surface area contributed by atoms with E-state index >= 15 is 0 Å². The Bertz CT molecular complexity index is 526. The van der Waals surface area contributed by atoms with Gasteiger partial charge in [0.1, 0.15) is 0 Å². The Labute approximate surface area is 109 Å². The number of hydrogen-bond acceptors (Lipinski definition) is 1. The van der Waals surface area contributed by atoms with Gasteiger partial charge in [0.15, 0.2) is 0 Å². The predicted molar refractivity (Wildman–Crippen MR) is 76.6 cm³/mol. The molecule has 0 bridgehead atoms. The van der Waals surface area contributed by atoms with Crippen LogP contribution >= 0.6 is 22.6 Å². The molecule has 2 rings (SSSR count). The number of hydrogen-bond donors (Lipinski definition) is 0. The third-order valence-electron chi connectivity index (χ3n) is 2.36. The van der Waals surface area contributed by atoms with E-state index in [0.717, 1.165) is 11.3 Å². The summed E-state index contributed by atoms with van der Waals surface area (Å²) in [6.07, 6.45) is 5.95. The van der Waals surface area contributed by atoms with Gasteiger partial charge in [-0.25, -0.2) is 0 Å². The van der Waals surface area contributed by atoms with Gasteiger partial charge in [-0.15, -0.1) is 0 Å². The topological polar surface area (TPSA) is 17.3 Å². The maximum absolute atomic E-state index is 4.45. The fourth-order valence-electron chi connectivity index (χ4n) is 1.46. The second-order valence-corrected chi connectivity index (χ2v) is 4.96. The average Bonchev–Trinajstić information content (AvgIpc) is 2.66. The lowest BCUT2D eigenvalue weighted by Gasteiger charge is -1.98. The molecule has 0 aliphatic heterocycles. The van der Waals surface area contributed by atoms with Crippen molar-refractivity contribution < 1.29 is 0 Å². The third-order valence-corrected chi connectivity index (χ3v) is 3.57. The number of nitrogens with zero attached hydrogens (tertiary/aromatic N) is 2.